The monoisotopic (exact) mass is 473 g/mol. The minimum Gasteiger partial charge on any atom is -0.495 e. The first-order valence-electron chi connectivity index (χ1n) is 11.6. The Morgan fingerprint density at radius 2 is 1.73 bits per heavy atom. The number of nitrogens with zero attached hydrogens (tertiary/aromatic N) is 2. The van der Waals surface area contributed by atoms with E-state index in [0.29, 0.717) is 31.1 Å². The van der Waals surface area contributed by atoms with Gasteiger partial charge >= 0.3 is 0 Å². The van der Waals surface area contributed by atoms with Gasteiger partial charge in [0.2, 0.25) is 15.9 Å². The van der Waals surface area contributed by atoms with Gasteiger partial charge in [-0.25, -0.2) is 8.42 Å². The molecule has 0 bridgehead atoms. The van der Waals surface area contributed by atoms with Crippen LogP contribution in [-0.4, -0.2) is 56.3 Å². The van der Waals surface area contributed by atoms with E-state index in [1.54, 1.807) is 16.4 Å². The van der Waals surface area contributed by atoms with Crippen molar-refractivity contribution in [1.82, 2.24) is 9.21 Å². The largest absolute Gasteiger partial charge is 0.495 e. The summed E-state index contributed by atoms with van der Waals surface area (Å²) in [6, 6.07) is 14.8. The smallest absolute Gasteiger partial charge is 0.243 e. The Kier molecular flexibility index (Phi) is 8.88. The van der Waals surface area contributed by atoms with E-state index in [1.807, 2.05) is 44.2 Å². The fraction of sp³-hybridized carbons (Fsp3) is 0.480. The van der Waals surface area contributed by atoms with E-state index in [0.717, 1.165) is 31.2 Å². The lowest BCUT2D eigenvalue weighted by Gasteiger charge is -2.26. The van der Waals surface area contributed by atoms with E-state index in [2.05, 4.69) is 10.2 Å². The van der Waals surface area contributed by atoms with Crippen molar-refractivity contribution in [3.63, 3.8) is 0 Å². The highest BCUT2D eigenvalue weighted by Gasteiger charge is 2.26. The number of benzene rings is 2. The second-order valence-electron chi connectivity index (χ2n) is 8.71. The zero-order chi connectivity index (χ0) is 23.8. The van der Waals surface area contributed by atoms with Crippen LogP contribution >= 0.6 is 0 Å². The molecule has 0 radical (unpaired) electrons. The Morgan fingerprint density at radius 3 is 2.33 bits per heavy atom. The van der Waals surface area contributed by atoms with Crippen molar-refractivity contribution in [1.29, 1.82) is 0 Å². The number of sulfonamides is 1. The molecule has 180 valence electrons. The molecule has 0 unspecified atom stereocenters. The quantitative estimate of drug-likeness (QED) is 0.593. The Morgan fingerprint density at radius 1 is 1.06 bits per heavy atom. The van der Waals surface area contributed by atoms with Crippen molar-refractivity contribution in [3.05, 3.63) is 54.1 Å². The number of rotatable bonds is 9. The second-order valence-corrected chi connectivity index (χ2v) is 10.7. The van der Waals surface area contributed by atoms with Gasteiger partial charge in [-0.2, -0.15) is 4.31 Å². The normalized spacial score (nSPS) is 15.4. The standard InChI is InChI=1S/C25H35N3O4S/c1-20(2)27(18-21-11-7-6-8-12-21)19-25(29)26-23-17-22(13-14-24(23)32-3)33(30,31)28-15-9-4-5-10-16-28/h6-8,11-14,17,20H,4-5,9-10,15-16,18-19H2,1-3H3,(H,26,29). The zero-order valence-electron chi connectivity index (χ0n) is 19.8. The van der Waals surface area contributed by atoms with Gasteiger partial charge in [-0.15, -0.1) is 0 Å². The summed E-state index contributed by atoms with van der Waals surface area (Å²) in [4.78, 5) is 15.2. The lowest BCUT2D eigenvalue weighted by atomic mass is 10.2. The minimum absolute atomic E-state index is 0.160. The average molecular weight is 474 g/mol. The molecule has 0 saturated carbocycles. The average Bonchev–Trinajstić information content (AvgIpc) is 3.09. The summed E-state index contributed by atoms with van der Waals surface area (Å²) in [5.74, 6) is 0.208. The molecule has 0 aromatic heterocycles. The van der Waals surface area contributed by atoms with Crippen LogP contribution in [0.3, 0.4) is 0 Å². The number of carbonyl (C=O) groups is 1. The predicted molar refractivity (Wildman–Crippen MR) is 131 cm³/mol. The van der Waals surface area contributed by atoms with Crippen molar-refractivity contribution in [2.75, 3.05) is 32.1 Å². The Hall–Kier alpha value is -2.42. The van der Waals surface area contributed by atoms with E-state index in [9.17, 15) is 13.2 Å². The van der Waals surface area contributed by atoms with Crippen LogP contribution in [0, 0.1) is 0 Å². The number of ether oxygens (including phenoxy) is 1. The van der Waals surface area contributed by atoms with Gasteiger partial charge in [0.25, 0.3) is 0 Å². The predicted octanol–water partition coefficient (Wildman–Crippen LogP) is 4.11. The van der Waals surface area contributed by atoms with Gasteiger partial charge in [0, 0.05) is 25.7 Å². The van der Waals surface area contributed by atoms with Crippen LogP contribution in [0.2, 0.25) is 0 Å². The van der Waals surface area contributed by atoms with Gasteiger partial charge in [-0.05, 0) is 50.5 Å². The molecular formula is C25H35N3O4S. The number of anilines is 1. The van der Waals surface area contributed by atoms with Gasteiger partial charge in [0.1, 0.15) is 5.75 Å². The molecular weight excluding hydrogens is 438 g/mol. The van der Waals surface area contributed by atoms with Gasteiger partial charge < -0.3 is 10.1 Å². The molecule has 3 rings (SSSR count). The summed E-state index contributed by atoms with van der Waals surface area (Å²) in [6.45, 7) is 5.97. The van der Waals surface area contributed by atoms with Crippen LogP contribution in [0.15, 0.2) is 53.4 Å². The van der Waals surface area contributed by atoms with Crippen LogP contribution < -0.4 is 10.1 Å². The fourth-order valence-electron chi connectivity index (χ4n) is 3.99. The van der Waals surface area contributed by atoms with E-state index in [4.69, 9.17) is 4.74 Å². The van der Waals surface area contributed by atoms with Crippen LogP contribution in [0.5, 0.6) is 5.75 Å². The number of hydrogen-bond donors (Lipinski definition) is 1. The Bertz CT molecular complexity index is 1020. The third kappa shape index (κ3) is 6.79. The number of amides is 1. The molecule has 2 aromatic carbocycles. The third-order valence-corrected chi connectivity index (χ3v) is 7.85. The second kappa shape index (κ2) is 11.6. The molecule has 2 aromatic rings. The maximum absolute atomic E-state index is 13.2. The summed E-state index contributed by atoms with van der Waals surface area (Å²) in [7, 11) is -2.13. The molecule has 0 atom stereocenters. The van der Waals surface area contributed by atoms with Crippen LogP contribution in [0.25, 0.3) is 0 Å². The highest BCUT2D eigenvalue weighted by atomic mass is 32.2. The molecule has 7 nitrogen and oxygen atoms in total. The highest BCUT2D eigenvalue weighted by Crippen LogP contribution is 2.30. The summed E-state index contributed by atoms with van der Waals surface area (Å²) in [5.41, 5.74) is 1.49. The first-order chi connectivity index (χ1) is 15.8. The Labute approximate surface area is 197 Å². The van der Waals surface area contributed by atoms with Crippen molar-refractivity contribution in [3.8, 4) is 5.75 Å². The van der Waals surface area contributed by atoms with Gasteiger partial charge in [0.05, 0.1) is 24.2 Å². The molecule has 0 spiro atoms. The van der Waals surface area contributed by atoms with Crippen molar-refractivity contribution in [2.24, 2.45) is 0 Å². The SMILES string of the molecule is COc1ccc(S(=O)(=O)N2CCCCCC2)cc1NC(=O)CN(Cc1ccccc1)C(C)C. The first kappa shape index (κ1) is 25.2. The molecule has 33 heavy (non-hydrogen) atoms. The molecule has 0 aliphatic carbocycles. The number of hydrogen-bond acceptors (Lipinski definition) is 5. The first-order valence-corrected chi connectivity index (χ1v) is 13.0. The van der Waals surface area contributed by atoms with E-state index < -0.39 is 10.0 Å². The summed E-state index contributed by atoms with van der Waals surface area (Å²) >= 11 is 0. The zero-order valence-corrected chi connectivity index (χ0v) is 20.6. The summed E-state index contributed by atoms with van der Waals surface area (Å²) in [5, 5.41) is 2.87. The van der Waals surface area contributed by atoms with Gasteiger partial charge in [-0.1, -0.05) is 43.2 Å². The van der Waals surface area contributed by atoms with Crippen molar-refractivity contribution in [2.45, 2.75) is 57.0 Å². The van der Waals surface area contributed by atoms with Crippen LogP contribution in [-0.2, 0) is 21.4 Å². The maximum Gasteiger partial charge on any atom is 0.243 e. The maximum atomic E-state index is 13.2. The topological polar surface area (TPSA) is 79.0 Å². The summed E-state index contributed by atoms with van der Waals surface area (Å²) < 4.78 is 33.4. The van der Waals surface area contributed by atoms with Crippen LogP contribution in [0.1, 0.15) is 45.1 Å². The Balaban J connectivity index is 1.76. The summed E-state index contributed by atoms with van der Waals surface area (Å²) in [6.07, 6.45) is 3.83. The number of methoxy groups -OCH3 is 1. The number of nitrogens with one attached hydrogen (secondary N) is 1. The lowest BCUT2D eigenvalue weighted by molar-refractivity contribution is -0.117. The number of carbonyl (C=O) groups excluding carboxylic acids is 1. The van der Waals surface area contributed by atoms with Crippen molar-refractivity contribution >= 4 is 21.6 Å². The fourth-order valence-corrected chi connectivity index (χ4v) is 5.53. The van der Waals surface area contributed by atoms with E-state index in [1.165, 1.54) is 13.2 Å². The highest BCUT2D eigenvalue weighted by molar-refractivity contribution is 7.89. The van der Waals surface area contributed by atoms with Gasteiger partial charge in [-0.3, -0.25) is 9.69 Å². The van der Waals surface area contributed by atoms with E-state index >= 15 is 0 Å². The molecule has 1 amide bonds. The van der Waals surface area contributed by atoms with E-state index in [-0.39, 0.29) is 23.4 Å². The molecule has 1 aliphatic rings. The molecule has 8 heteroatoms. The molecule has 1 aliphatic heterocycles. The molecule has 1 N–H and O–H groups in total. The van der Waals surface area contributed by atoms with Gasteiger partial charge in [0.15, 0.2) is 0 Å². The third-order valence-electron chi connectivity index (χ3n) is 5.95. The van der Waals surface area contributed by atoms with Crippen molar-refractivity contribution < 1.29 is 17.9 Å². The molecule has 1 fully saturated rings. The lowest BCUT2D eigenvalue weighted by Crippen LogP contribution is -2.37. The minimum atomic E-state index is -3.63. The molecule has 1 heterocycles. The van der Waals surface area contributed by atoms with Crippen LogP contribution in [0.4, 0.5) is 5.69 Å². The molecule has 1 saturated heterocycles.